The molecule has 1 atom stereocenters. The SMILES string of the molecule is CCC(N)c1ccc(N(C)Cc2scnc2C)cc1. The first-order chi connectivity index (χ1) is 9.11. The summed E-state index contributed by atoms with van der Waals surface area (Å²) < 4.78 is 0. The lowest BCUT2D eigenvalue weighted by Crippen LogP contribution is -2.16. The van der Waals surface area contributed by atoms with Crippen molar-refractivity contribution in [2.45, 2.75) is 32.9 Å². The van der Waals surface area contributed by atoms with Crippen molar-refractivity contribution in [2.75, 3.05) is 11.9 Å². The molecule has 3 nitrogen and oxygen atoms in total. The van der Waals surface area contributed by atoms with Crippen LogP contribution in [0.3, 0.4) is 0 Å². The fourth-order valence-corrected chi connectivity index (χ4v) is 2.83. The summed E-state index contributed by atoms with van der Waals surface area (Å²) in [6.07, 6.45) is 0.968. The fourth-order valence-electron chi connectivity index (χ4n) is 2.00. The second-order valence-corrected chi connectivity index (χ2v) is 5.76. The molecular formula is C15H21N3S. The largest absolute Gasteiger partial charge is 0.369 e. The molecule has 1 aromatic carbocycles. The van der Waals surface area contributed by atoms with Crippen LogP contribution in [0.1, 0.15) is 35.5 Å². The first kappa shape index (κ1) is 14.0. The molecule has 1 heterocycles. The lowest BCUT2D eigenvalue weighted by atomic mass is 10.1. The Labute approximate surface area is 119 Å². The van der Waals surface area contributed by atoms with Crippen molar-refractivity contribution in [3.05, 3.63) is 45.9 Å². The van der Waals surface area contributed by atoms with Crippen LogP contribution in [0.5, 0.6) is 0 Å². The van der Waals surface area contributed by atoms with Gasteiger partial charge < -0.3 is 10.6 Å². The number of thiazole rings is 1. The van der Waals surface area contributed by atoms with Crippen molar-refractivity contribution in [3.63, 3.8) is 0 Å². The molecule has 0 aliphatic heterocycles. The summed E-state index contributed by atoms with van der Waals surface area (Å²) in [5, 5.41) is 0. The Morgan fingerprint density at radius 1 is 1.32 bits per heavy atom. The van der Waals surface area contributed by atoms with Crippen LogP contribution in [0.25, 0.3) is 0 Å². The summed E-state index contributed by atoms with van der Waals surface area (Å²) in [7, 11) is 2.11. The fraction of sp³-hybridized carbons (Fsp3) is 0.400. The van der Waals surface area contributed by atoms with E-state index in [4.69, 9.17) is 5.73 Å². The molecule has 0 spiro atoms. The number of benzene rings is 1. The van der Waals surface area contributed by atoms with Crippen molar-refractivity contribution >= 4 is 17.0 Å². The molecule has 1 unspecified atom stereocenters. The Kier molecular flexibility index (Phi) is 4.56. The quantitative estimate of drug-likeness (QED) is 0.908. The van der Waals surface area contributed by atoms with Crippen LogP contribution in [0, 0.1) is 6.92 Å². The van der Waals surface area contributed by atoms with Gasteiger partial charge in [-0.2, -0.15) is 0 Å². The van der Waals surface area contributed by atoms with E-state index in [1.807, 2.05) is 5.51 Å². The number of aromatic nitrogens is 1. The van der Waals surface area contributed by atoms with Gasteiger partial charge in [0.15, 0.2) is 0 Å². The van der Waals surface area contributed by atoms with Gasteiger partial charge in [-0.05, 0) is 31.0 Å². The van der Waals surface area contributed by atoms with Gasteiger partial charge in [-0.1, -0.05) is 19.1 Å². The smallest absolute Gasteiger partial charge is 0.0798 e. The molecule has 0 saturated heterocycles. The summed E-state index contributed by atoms with van der Waals surface area (Å²) >= 11 is 1.71. The highest BCUT2D eigenvalue weighted by Gasteiger charge is 2.08. The Morgan fingerprint density at radius 2 is 2.00 bits per heavy atom. The molecule has 0 aliphatic carbocycles. The van der Waals surface area contributed by atoms with Crippen molar-refractivity contribution in [2.24, 2.45) is 5.73 Å². The Balaban J connectivity index is 2.07. The molecule has 0 aliphatic rings. The van der Waals surface area contributed by atoms with Crippen LogP contribution >= 0.6 is 11.3 Å². The van der Waals surface area contributed by atoms with Crippen LogP contribution in [-0.2, 0) is 6.54 Å². The number of hydrogen-bond acceptors (Lipinski definition) is 4. The molecule has 0 radical (unpaired) electrons. The van der Waals surface area contributed by atoms with E-state index in [0.29, 0.717) is 0 Å². The van der Waals surface area contributed by atoms with E-state index < -0.39 is 0 Å². The molecule has 0 fully saturated rings. The normalized spacial score (nSPS) is 12.4. The summed E-state index contributed by atoms with van der Waals surface area (Å²) in [5.74, 6) is 0. The Bertz CT molecular complexity index is 518. The molecule has 4 heteroatoms. The number of hydrogen-bond donors (Lipinski definition) is 1. The van der Waals surface area contributed by atoms with Crippen molar-refractivity contribution < 1.29 is 0 Å². The van der Waals surface area contributed by atoms with Gasteiger partial charge in [0, 0.05) is 23.7 Å². The maximum absolute atomic E-state index is 6.03. The molecule has 0 amide bonds. The van der Waals surface area contributed by atoms with Crippen LogP contribution in [0.15, 0.2) is 29.8 Å². The third kappa shape index (κ3) is 3.33. The minimum Gasteiger partial charge on any atom is -0.369 e. The second-order valence-electron chi connectivity index (χ2n) is 4.82. The van der Waals surface area contributed by atoms with Gasteiger partial charge in [-0.25, -0.2) is 4.98 Å². The maximum atomic E-state index is 6.03. The highest BCUT2D eigenvalue weighted by Crippen LogP contribution is 2.22. The minimum atomic E-state index is 0.142. The number of nitrogens with two attached hydrogens (primary N) is 1. The molecule has 2 aromatic rings. The Morgan fingerprint density at radius 3 is 2.53 bits per heavy atom. The zero-order valence-electron chi connectivity index (χ0n) is 11.8. The van der Waals surface area contributed by atoms with E-state index in [1.54, 1.807) is 11.3 Å². The summed E-state index contributed by atoms with van der Waals surface area (Å²) in [5.41, 5.74) is 11.5. The highest BCUT2D eigenvalue weighted by molar-refractivity contribution is 7.09. The van der Waals surface area contributed by atoms with Gasteiger partial charge in [0.05, 0.1) is 17.7 Å². The second kappa shape index (κ2) is 6.17. The zero-order valence-corrected chi connectivity index (χ0v) is 12.6. The van der Waals surface area contributed by atoms with Crippen LogP contribution in [-0.4, -0.2) is 12.0 Å². The average molecular weight is 275 g/mol. The Hall–Kier alpha value is -1.39. The minimum absolute atomic E-state index is 0.142. The first-order valence-electron chi connectivity index (χ1n) is 6.57. The predicted octanol–water partition coefficient (Wildman–Crippen LogP) is 3.50. The molecule has 19 heavy (non-hydrogen) atoms. The predicted molar refractivity (Wildman–Crippen MR) is 82.6 cm³/mol. The molecule has 0 saturated carbocycles. The molecule has 1 aromatic heterocycles. The van der Waals surface area contributed by atoms with Gasteiger partial charge in [0.1, 0.15) is 0 Å². The van der Waals surface area contributed by atoms with E-state index in [9.17, 15) is 0 Å². The number of rotatable bonds is 5. The standard InChI is InChI=1S/C15H21N3S/c1-4-14(16)12-5-7-13(8-6-12)18(3)9-15-11(2)17-10-19-15/h5-8,10,14H,4,9,16H2,1-3H3. The molecular weight excluding hydrogens is 254 g/mol. The molecule has 2 rings (SSSR count). The van der Waals surface area contributed by atoms with Crippen molar-refractivity contribution in [1.29, 1.82) is 0 Å². The number of aryl methyl sites for hydroxylation is 1. The van der Waals surface area contributed by atoms with Crippen molar-refractivity contribution in [3.8, 4) is 0 Å². The third-order valence-electron chi connectivity index (χ3n) is 3.43. The van der Waals surface area contributed by atoms with Crippen LogP contribution in [0.4, 0.5) is 5.69 Å². The summed E-state index contributed by atoms with van der Waals surface area (Å²) in [4.78, 5) is 7.84. The van der Waals surface area contributed by atoms with Gasteiger partial charge >= 0.3 is 0 Å². The van der Waals surface area contributed by atoms with E-state index >= 15 is 0 Å². The lowest BCUT2D eigenvalue weighted by Gasteiger charge is -2.19. The van der Waals surface area contributed by atoms with E-state index in [-0.39, 0.29) is 6.04 Å². The maximum Gasteiger partial charge on any atom is 0.0798 e. The monoisotopic (exact) mass is 275 g/mol. The van der Waals surface area contributed by atoms with E-state index in [0.717, 1.165) is 18.7 Å². The first-order valence-corrected chi connectivity index (χ1v) is 7.45. The number of anilines is 1. The van der Waals surface area contributed by atoms with Gasteiger partial charge in [-0.15, -0.1) is 11.3 Å². The van der Waals surface area contributed by atoms with E-state index in [2.05, 4.69) is 55.0 Å². The number of nitrogens with zero attached hydrogens (tertiary/aromatic N) is 2. The summed E-state index contributed by atoms with van der Waals surface area (Å²) in [6.45, 7) is 5.07. The lowest BCUT2D eigenvalue weighted by molar-refractivity contribution is 0.698. The average Bonchev–Trinajstić information content (AvgIpc) is 2.83. The van der Waals surface area contributed by atoms with Gasteiger partial charge in [0.25, 0.3) is 0 Å². The van der Waals surface area contributed by atoms with Crippen molar-refractivity contribution in [1.82, 2.24) is 4.98 Å². The molecule has 0 bridgehead atoms. The van der Waals surface area contributed by atoms with Crippen LogP contribution in [0.2, 0.25) is 0 Å². The highest BCUT2D eigenvalue weighted by atomic mass is 32.1. The van der Waals surface area contributed by atoms with Crippen LogP contribution < -0.4 is 10.6 Å². The summed E-state index contributed by atoms with van der Waals surface area (Å²) in [6, 6.07) is 8.67. The van der Waals surface area contributed by atoms with Gasteiger partial charge in [-0.3, -0.25) is 0 Å². The van der Waals surface area contributed by atoms with Gasteiger partial charge in [0.2, 0.25) is 0 Å². The topological polar surface area (TPSA) is 42.1 Å². The molecule has 102 valence electrons. The third-order valence-corrected chi connectivity index (χ3v) is 4.35. The zero-order chi connectivity index (χ0) is 13.8. The molecule has 2 N–H and O–H groups in total. The van der Waals surface area contributed by atoms with E-state index in [1.165, 1.54) is 16.1 Å².